The highest BCUT2D eigenvalue weighted by Crippen LogP contribution is 2.43. The molecular formula is C24H20F2N4O2. The second-order valence-corrected chi connectivity index (χ2v) is 7.90. The predicted molar refractivity (Wildman–Crippen MR) is 114 cm³/mol. The summed E-state index contributed by atoms with van der Waals surface area (Å²) in [6.07, 6.45) is 3.45. The van der Waals surface area contributed by atoms with Gasteiger partial charge >= 0.3 is 0 Å². The number of aryl methyl sites for hydroxylation is 1. The molecule has 1 N–H and O–H groups in total. The minimum absolute atomic E-state index is 0.0311. The average molecular weight is 434 g/mol. The van der Waals surface area contributed by atoms with Crippen molar-refractivity contribution in [1.82, 2.24) is 14.8 Å². The highest BCUT2D eigenvalue weighted by Gasteiger charge is 2.34. The van der Waals surface area contributed by atoms with Crippen LogP contribution in [0.5, 0.6) is 0 Å². The smallest absolute Gasteiger partial charge is 0.279 e. The molecule has 1 saturated carbocycles. The van der Waals surface area contributed by atoms with Crippen LogP contribution >= 0.6 is 0 Å². The van der Waals surface area contributed by atoms with Crippen LogP contribution in [-0.4, -0.2) is 20.7 Å². The maximum absolute atomic E-state index is 14.1. The number of oxazole rings is 1. The van der Waals surface area contributed by atoms with Gasteiger partial charge in [0.15, 0.2) is 5.69 Å². The van der Waals surface area contributed by atoms with Gasteiger partial charge in [-0.15, -0.1) is 0 Å². The van der Waals surface area contributed by atoms with E-state index in [1.54, 1.807) is 13.1 Å². The largest absolute Gasteiger partial charge is 0.440 e. The van der Waals surface area contributed by atoms with Crippen LogP contribution in [0.15, 0.2) is 59.1 Å². The number of benzene rings is 2. The van der Waals surface area contributed by atoms with Crippen molar-refractivity contribution in [2.24, 2.45) is 0 Å². The molecule has 0 saturated heterocycles. The Morgan fingerprint density at radius 2 is 1.97 bits per heavy atom. The third-order valence-corrected chi connectivity index (χ3v) is 5.42. The van der Waals surface area contributed by atoms with Crippen molar-refractivity contribution < 1.29 is 18.0 Å². The van der Waals surface area contributed by atoms with Crippen LogP contribution in [0.25, 0.3) is 11.5 Å². The SMILES string of the molecule is Cc1cnn(Cc2cc(F)ccc2F)c1NC(=O)c1nc(-c2ccccc2)oc1C1CC1. The fraction of sp³-hybridized carbons (Fsp3) is 0.208. The molecule has 8 heteroatoms. The van der Waals surface area contributed by atoms with E-state index in [4.69, 9.17) is 4.42 Å². The number of amides is 1. The quantitative estimate of drug-likeness (QED) is 0.447. The molecule has 162 valence electrons. The lowest BCUT2D eigenvalue weighted by Gasteiger charge is -2.11. The molecule has 1 aliphatic rings. The van der Waals surface area contributed by atoms with Crippen molar-refractivity contribution in [2.75, 3.05) is 5.32 Å². The third-order valence-electron chi connectivity index (χ3n) is 5.42. The van der Waals surface area contributed by atoms with Crippen LogP contribution in [0.4, 0.5) is 14.6 Å². The normalized spacial score (nSPS) is 13.3. The lowest BCUT2D eigenvalue weighted by molar-refractivity contribution is 0.102. The minimum Gasteiger partial charge on any atom is -0.440 e. The maximum Gasteiger partial charge on any atom is 0.279 e. The lowest BCUT2D eigenvalue weighted by Crippen LogP contribution is -2.18. The number of hydrogen-bond donors (Lipinski definition) is 1. The van der Waals surface area contributed by atoms with E-state index in [0.717, 1.165) is 36.6 Å². The molecule has 1 aliphatic carbocycles. The summed E-state index contributed by atoms with van der Waals surface area (Å²) >= 11 is 0. The molecule has 0 unspecified atom stereocenters. The Morgan fingerprint density at radius 1 is 1.19 bits per heavy atom. The summed E-state index contributed by atoms with van der Waals surface area (Å²) in [6.45, 7) is 1.75. The van der Waals surface area contributed by atoms with Crippen LogP contribution in [-0.2, 0) is 6.54 Å². The summed E-state index contributed by atoms with van der Waals surface area (Å²) in [7, 11) is 0. The van der Waals surface area contributed by atoms with E-state index in [1.807, 2.05) is 30.3 Å². The van der Waals surface area contributed by atoms with Crippen LogP contribution < -0.4 is 5.32 Å². The van der Waals surface area contributed by atoms with Crippen molar-refractivity contribution in [3.63, 3.8) is 0 Å². The second kappa shape index (κ2) is 8.03. The summed E-state index contributed by atoms with van der Waals surface area (Å²) in [5.74, 6) is 0.0176. The third kappa shape index (κ3) is 3.91. The topological polar surface area (TPSA) is 73.0 Å². The molecule has 0 bridgehead atoms. The van der Waals surface area contributed by atoms with Crippen LogP contribution in [0.2, 0.25) is 0 Å². The lowest BCUT2D eigenvalue weighted by atomic mass is 10.2. The number of nitrogens with one attached hydrogen (secondary N) is 1. The summed E-state index contributed by atoms with van der Waals surface area (Å²) in [6, 6.07) is 12.6. The average Bonchev–Trinajstić information content (AvgIpc) is 3.46. The number of hydrogen-bond acceptors (Lipinski definition) is 4. The second-order valence-electron chi connectivity index (χ2n) is 7.90. The van der Waals surface area contributed by atoms with Crippen molar-refractivity contribution >= 4 is 11.7 Å². The van der Waals surface area contributed by atoms with E-state index in [0.29, 0.717) is 23.0 Å². The number of carbonyl (C=O) groups excluding carboxylic acids is 1. The summed E-state index contributed by atoms with van der Waals surface area (Å²) in [4.78, 5) is 17.7. The zero-order valence-electron chi connectivity index (χ0n) is 17.3. The molecular weight excluding hydrogens is 414 g/mol. The van der Waals surface area contributed by atoms with E-state index >= 15 is 0 Å². The number of carbonyl (C=O) groups is 1. The van der Waals surface area contributed by atoms with Crippen LogP contribution in [0.3, 0.4) is 0 Å². The number of rotatable bonds is 6. The first-order valence-electron chi connectivity index (χ1n) is 10.3. The molecule has 6 nitrogen and oxygen atoms in total. The Bertz CT molecular complexity index is 1290. The van der Waals surface area contributed by atoms with E-state index in [9.17, 15) is 13.6 Å². The Kier molecular flexibility index (Phi) is 5.05. The minimum atomic E-state index is -0.545. The molecule has 2 aromatic heterocycles. The van der Waals surface area contributed by atoms with E-state index < -0.39 is 17.5 Å². The zero-order valence-corrected chi connectivity index (χ0v) is 17.3. The van der Waals surface area contributed by atoms with Gasteiger partial charge in [-0.1, -0.05) is 18.2 Å². The van der Waals surface area contributed by atoms with Gasteiger partial charge in [0, 0.05) is 22.6 Å². The van der Waals surface area contributed by atoms with Gasteiger partial charge in [0.2, 0.25) is 5.89 Å². The standard InChI is InChI=1S/C24H20F2N4O2/c1-14-12-27-30(13-17-11-18(25)9-10-19(17)26)22(14)29-23(31)20-21(15-7-8-15)32-24(28-20)16-5-3-2-4-6-16/h2-6,9-12,15H,7-8,13H2,1H3,(H,29,31). The molecule has 0 radical (unpaired) electrons. The molecule has 0 aliphatic heterocycles. The van der Waals surface area contributed by atoms with Crippen molar-refractivity contribution in [3.05, 3.63) is 88.9 Å². The first-order chi connectivity index (χ1) is 15.5. The van der Waals surface area contributed by atoms with E-state index in [1.165, 1.54) is 4.68 Å². The van der Waals surface area contributed by atoms with Crippen LogP contribution in [0, 0.1) is 18.6 Å². The highest BCUT2D eigenvalue weighted by atomic mass is 19.1. The fourth-order valence-electron chi connectivity index (χ4n) is 3.58. The first kappa shape index (κ1) is 20.1. The fourth-order valence-corrected chi connectivity index (χ4v) is 3.58. The van der Waals surface area contributed by atoms with Gasteiger partial charge in [0.1, 0.15) is 23.2 Å². The molecule has 2 heterocycles. The monoisotopic (exact) mass is 434 g/mol. The highest BCUT2D eigenvalue weighted by molar-refractivity contribution is 6.04. The summed E-state index contributed by atoms with van der Waals surface area (Å²) in [5.41, 5.74) is 1.84. The molecule has 4 aromatic rings. The van der Waals surface area contributed by atoms with E-state index in [2.05, 4.69) is 15.4 Å². The van der Waals surface area contributed by atoms with Crippen LogP contribution in [0.1, 0.15) is 46.1 Å². The Labute approximate surface area is 182 Å². The van der Waals surface area contributed by atoms with Gasteiger partial charge in [-0.05, 0) is 50.1 Å². The number of anilines is 1. The molecule has 1 amide bonds. The molecule has 2 aromatic carbocycles. The van der Waals surface area contributed by atoms with Gasteiger partial charge in [-0.25, -0.2) is 18.4 Å². The number of aromatic nitrogens is 3. The Balaban J connectivity index is 1.44. The summed E-state index contributed by atoms with van der Waals surface area (Å²) < 4.78 is 35.1. The number of nitrogens with zero attached hydrogens (tertiary/aromatic N) is 3. The molecule has 0 spiro atoms. The molecule has 0 atom stereocenters. The molecule has 32 heavy (non-hydrogen) atoms. The molecule has 1 fully saturated rings. The first-order valence-corrected chi connectivity index (χ1v) is 10.3. The number of halogens is 2. The van der Waals surface area contributed by atoms with Crippen molar-refractivity contribution in [2.45, 2.75) is 32.2 Å². The maximum atomic E-state index is 14.1. The van der Waals surface area contributed by atoms with E-state index in [-0.39, 0.29) is 23.7 Å². The van der Waals surface area contributed by atoms with Crippen molar-refractivity contribution in [3.8, 4) is 11.5 Å². The van der Waals surface area contributed by atoms with Gasteiger partial charge in [0.05, 0.1) is 12.7 Å². The zero-order chi connectivity index (χ0) is 22.2. The van der Waals surface area contributed by atoms with Crippen molar-refractivity contribution in [1.29, 1.82) is 0 Å². The van der Waals surface area contributed by atoms with Gasteiger partial charge in [-0.2, -0.15) is 5.10 Å². The Hall–Kier alpha value is -3.81. The van der Waals surface area contributed by atoms with Gasteiger partial charge in [0.25, 0.3) is 5.91 Å². The Morgan fingerprint density at radius 3 is 2.72 bits per heavy atom. The summed E-state index contributed by atoms with van der Waals surface area (Å²) in [5, 5.41) is 7.06. The predicted octanol–water partition coefficient (Wildman–Crippen LogP) is 5.30. The van der Waals surface area contributed by atoms with Gasteiger partial charge in [-0.3, -0.25) is 4.79 Å². The molecule has 5 rings (SSSR count). The van der Waals surface area contributed by atoms with Gasteiger partial charge < -0.3 is 9.73 Å².